The molecule has 0 radical (unpaired) electrons. The van der Waals surface area contributed by atoms with Crippen LogP contribution in [-0.2, 0) is 0 Å². The number of fused-ring (bicyclic) bond motifs is 1. The van der Waals surface area contributed by atoms with E-state index in [9.17, 15) is 0 Å². The summed E-state index contributed by atoms with van der Waals surface area (Å²) in [5.74, 6) is 5.80. The summed E-state index contributed by atoms with van der Waals surface area (Å²) in [6.07, 6.45) is 0. The third-order valence-corrected chi connectivity index (χ3v) is 5.57. The molecule has 0 fully saturated rings. The van der Waals surface area contributed by atoms with Crippen LogP contribution >= 0.6 is 38.9 Å². The van der Waals surface area contributed by atoms with Gasteiger partial charge in [-0.05, 0) is 50.0 Å². The average molecular weight is 368 g/mol. The van der Waals surface area contributed by atoms with Crippen molar-refractivity contribution >= 4 is 49.0 Å². The van der Waals surface area contributed by atoms with E-state index in [1.54, 1.807) is 11.3 Å². The maximum absolute atomic E-state index is 6.40. The Morgan fingerprint density at radius 3 is 2.65 bits per heavy atom. The van der Waals surface area contributed by atoms with Gasteiger partial charge in [-0.2, -0.15) is 0 Å². The Morgan fingerprint density at radius 1 is 1.10 bits per heavy atom. The first-order valence-electron chi connectivity index (χ1n) is 6.08. The van der Waals surface area contributed by atoms with Crippen molar-refractivity contribution in [3.63, 3.8) is 0 Å². The van der Waals surface area contributed by atoms with Crippen molar-refractivity contribution in [3.05, 3.63) is 68.5 Å². The first kappa shape index (κ1) is 14.0. The number of nitrogens with two attached hydrogens (primary N) is 1. The summed E-state index contributed by atoms with van der Waals surface area (Å²) in [6, 6.07) is 14.1. The molecule has 3 N–H and O–H groups in total. The van der Waals surface area contributed by atoms with Gasteiger partial charge < -0.3 is 0 Å². The highest BCUT2D eigenvalue weighted by molar-refractivity contribution is 9.10. The standard InChI is InChI=1S/C15H12BrClN2S/c16-12-6-2-4-10(13(12)17)14(19-18)11-5-1-3-9-7-8-20-15(9)11/h1-8,14,19H,18H2. The van der Waals surface area contributed by atoms with Gasteiger partial charge in [-0.15, -0.1) is 11.3 Å². The number of benzene rings is 2. The van der Waals surface area contributed by atoms with E-state index in [0.29, 0.717) is 5.02 Å². The summed E-state index contributed by atoms with van der Waals surface area (Å²) in [7, 11) is 0. The van der Waals surface area contributed by atoms with Crippen molar-refractivity contribution in [2.24, 2.45) is 5.84 Å². The first-order chi connectivity index (χ1) is 9.72. The minimum atomic E-state index is -0.137. The van der Waals surface area contributed by atoms with Gasteiger partial charge >= 0.3 is 0 Å². The second kappa shape index (κ2) is 5.84. The molecule has 0 aliphatic rings. The predicted molar refractivity (Wildman–Crippen MR) is 90.1 cm³/mol. The number of hydrogen-bond donors (Lipinski definition) is 2. The van der Waals surface area contributed by atoms with Crippen molar-refractivity contribution in [2.75, 3.05) is 0 Å². The van der Waals surface area contributed by atoms with Gasteiger partial charge in [0.2, 0.25) is 0 Å². The van der Waals surface area contributed by atoms with Crippen LogP contribution in [0.5, 0.6) is 0 Å². The van der Waals surface area contributed by atoms with E-state index >= 15 is 0 Å². The molecule has 2 nitrogen and oxygen atoms in total. The van der Waals surface area contributed by atoms with Crippen LogP contribution in [0.3, 0.4) is 0 Å². The van der Waals surface area contributed by atoms with E-state index in [0.717, 1.165) is 15.6 Å². The van der Waals surface area contributed by atoms with Gasteiger partial charge in [-0.1, -0.05) is 41.9 Å². The SMILES string of the molecule is NNC(c1cccc(Br)c1Cl)c1cccc2ccsc12. The number of rotatable bonds is 3. The minimum absolute atomic E-state index is 0.137. The van der Waals surface area contributed by atoms with E-state index in [-0.39, 0.29) is 6.04 Å². The van der Waals surface area contributed by atoms with Crippen LogP contribution < -0.4 is 11.3 Å². The largest absolute Gasteiger partial charge is 0.271 e. The molecule has 0 aliphatic carbocycles. The lowest BCUT2D eigenvalue weighted by molar-refractivity contribution is 0.641. The molecular weight excluding hydrogens is 356 g/mol. The monoisotopic (exact) mass is 366 g/mol. The van der Waals surface area contributed by atoms with Gasteiger partial charge in [0.15, 0.2) is 0 Å². The lowest BCUT2D eigenvalue weighted by Crippen LogP contribution is -2.29. The average Bonchev–Trinajstić information content (AvgIpc) is 2.93. The molecule has 0 aliphatic heterocycles. The molecule has 1 unspecified atom stereocenters. The van der Waals surface area contributed by atoms with Crippen LogP contribution in [-0.4, -0.2) is 0 Å². The van der Waals surface area contributed by atoms with Crippen molar-refractivity contribution in [1.82, 2.24) is 5.43 Å². The molecule has 0 saturated heterocycles. The number of hydrogen-bond acceptors (Lipinski definition) is 3. The summed E-state index contributed by atoms with van der Waals surface area (Å²) in [5.41, 5.74) is 4.99. The van der Waals surface area contributed by atoms with E-state index < -0.39 is 0 Å². The topological polar surface area (TPSA) is 38.0 Å². The van der Waals surface area contributed by atoms with Crippen LogP contribution in [0.25, 0.3) is 10.1 Å². The zero-order valence-corrected chi connectivity index (χ0v) is 13.6. The van der Waals surface area contributed by atoms with Gasteiger partial charge in [0, 0.05) is 9.17 Å². The smallest absolute Gasteiger partial charge is 0.0738 e. The Labute approximate surface area is 134 Å². The Morgan fingerprint density at radius 2 is 1.85 bits per heavy atom. The van der Waals surface area contributed by atoms with Crippen molar-refractivity contribution in [1.29, 1.82) is 0 Å². The van der Waals surface area contributed by atoms with Crippen molar-refractivity contribution < 1.29 is 0 Å². The summed E-state index contributed by atoms with van der Waals surface area (Å²) < 4.78 is 2.10. The van der Waals surface area contributed by atoms with Gasteiger partial charge in [0.05, 0.1) is 11.1 Å². The number of thiophene rings is 1. The second-order valence-electron chi connectivity index (χ2n) is 4.43. The molecule has 5 heteroatoms. The number of halogens is 2. The van der Waals surface area contributed by atoms with E-state index in [1.165, 1.54) is 10.1 Å². The maximum atomic E-state index is 6.40. The highest BCUT2D eigenvalue weighted by Gasteiger charge is 2.19. The normalized spacial score (nSPS) is 12.8. The molecule has 3 aromatic rings. The van der Waals surface area contributed by atoms with Gasteiger partial charge in [0.25, 0.3) is 0 Å². The molecule has 0 amide bonds. The highest BCUT2D eigenvalue weighted by Crippen LogP contribution is 2.36. The summed E-state index contributed by atoms with van der Waals surface area (Å²) in [6.45, 7) is 0. The minimum Gasteiger partial charge on any atom is -0.271 e. The number of nitrogens with one attached hydrogen (secondary N) is 1. The second-order valence-corrected chi connectivity index (χ2v) is 6.58. The maximum Gasteiger partial charge on any atom is 0.0738 e. The Bertz CT molecular complexity index is 756. The predicted octanol–water partition coefficient (Wildman–Crippen LogP) is 4.87. The molecule has 0 bridgehead atoms. The van der Waals surface area contributed by atoms with Gasteiger partial charge in [-0.3, -0.25) is 5.84 Å². The quantitative estimate of drug-likeness (QED) is 0.512. The Kier molecular flexibility index (Phi) is 4.10. The van der Waals surface area contributed by atoms with E-state index in [2.05, 4.69) is 44.9 Å². The molecule has 3 rings (SSSR count). The molecule has 1 heterocycles. The van der Waals surface area contributed by atoms with Gasteiger partial charge in [0.1, 0.15) is 0 Å². The molecule has 0 saturated carbocycles. The zero-order chi connectivity index (χ0) is 14.1. The summed E-state index contributed by atoms with van der Waals surface area (Å²) in [5, 5.41) is 3.99. The molecule has 1 aromatic heterocycles. The van der Waals surface area contributed by atoms with Crippen molar-refractivity contribution in [2.45, 2.75) is 6.04 Å². The van der Waals surface area contributed by atoms with Crippen LogP contribution in [0.2, 0.25) is 5.02 Å². The number of hydrazine groups is 1. The molecule has 1 atom stereocenters. The van der Waals surface area contributed by atoms with E-state index in [4.69, 9.17) is 17.4 Å². The molecular formula is C15H12BrClN2S. The van der Waals surface area contributed by atoms with Crippen LogP contribution in [0.4, 0.5) is 0 Å². The molecule has 2 aromatic carbocycles. The summed E-state index contributed by atoms with van der Waals surface area (Å²) >= 11 is 11.6. The lowest BCUT2D eigenvalue weighted by atomic mass is 9.98. The Balaban J connectivity index is 2.19. The van der Waals surface area contributed by atoms with Crippen LogP contribution in [0.15, 0.2) is 52.3 Å². The van der Waals surface area contributed by atoms with E-state index in [1.807, 2.05) is 24.3 Å². The van der Waals surface area contributed by atoms with Crippen molar-refractivity contribution in [3.8, 4) is 0 Å². The third-order valence-electron chi connectivity index (χ3n) is 3.28. The third kappa shape index (κ3) is 2.38. The zero-order valence-electron chi connectivity index (χ0n) is 10.4. The fourth-order valence-corrected chi connectivity index (χ4v) is 3.90. The summed E-state index contributed by atoms with van der Waals surface area (Å²) in [4.78, 5) is 0. The Hall–Kier alpha value is -0.910. The first-order valence-corrected chi connectivity index (χ1v) is 8.13. The fraction of sp³-hybridized carbons (Fsp3) is 0.0667. The van der Waals surface area contributed by atoms with Gasteiger partial charge in [-0.25, -0.2) is 5.43 Å². The molecule has 102 valence electrons. The highest BCUT2D eigenvalue weighted by atomic mass is 79.9. The van der Waals surface area contributed by atoms with Crippen LogP contribution in [0.1, 0.15) is 17.2 Å². The lowest BCUT2D eigenvalue weighted by Gasteiger charge is -2.19. The fourth-order valence-electron chi connectivity index (χ4n) is 2.33. The molecule has 0 spiro atoms. The van der Waals surface area contributed by atoms with Crippen LogP contribution in [0, 0.1) is 0 Å². The molecule has 20 heavy (non-hydrogen) atoms.